The second kappa shape index (κ2) is 5.19. The van der Waals surface area contributed by atoms with Gasteiger partial charge in [-0.1, -0.05) is 12.1 Å². The molecule has 2 amide bonds. The Bertz CT molecular complexity index is 643. The van der Waals surface area contributed by atoms with Crippen molar-refractivity contribution in [1.82, 2.24) is 20.7 Å². The van der Waals surface area contributed by atoms with Crippen molar-refractivity contribution in [2.75, 3.05) is 12.5 Å². The maximum absolute atomic E-state index is 12.7. The van der Waals surface area contributed by atoms with E-state index in [0.717, 1.165) is 0 Å². The highest BCUT2D eigenvalue weighted by molar-refractivity contribution is 5.89. The molecule has 0 fully saturated rings. The quantitative estimate of drug-likeness (QED) is 0.736. The molecule has 0 unspecified atom stereocenters. The summed E-state index contributed by atoms with van der Waals surface area (Å²) in [6.45, 7) is 0. The van der Waals surface area contributed by atoms with E-state index in [-0.39, 0.29) is 11.3 Å². The Labute approximate surface area is 111 Å². The van der Waals surface area contributed by atoms with Crippen LogP contribution < -0.4 is 16.2 Å². The van der Waals surface area contributed by atoms with Crippen molar-refractivity contribution in [2.45, 2.75) is 6.18 Å². The molecule has 6 nitrogen and oxygen atoms in total. The molecule has 2 aromatic rings. The standard InChI is InChI=1S/C11H10F3N5O/c1-15-10(20)19-18-8-6-4-2-3-5-7(6)16-9(17-8)11(12,13)14/h2-5H,1H3,(H2,15,19,20)(H,16,17,18). The van der Waals surface area contributed by atoms with Crippen molar-refractivity contribution in [3.8, 4) is 0 Å². The van der Waals surface area contributed by atoms with Gasteiger partial charge in [-0.05, 0) is 12.1 Å². The van der Waals surface area contributed by atoms with Gasteiger partial charge in [0.1, 0.15) is 0 Å². The summed E-state index contributed by atoms with van der Waals surface area (Å²) in [6, 6.07) is 5.55. The molecule has 0 aliphatic carbocycles. The van der Waals surface area contributed by atoms with Gasteiger partial charge in [-0.2, -0.15) is 13.2 Å². The van der Waals surface area contributed by atoms with E-state index in [9.17, 15) is 18.0 Å². The van der Waals surface area contributed by atoms with Crippen molar-refractivity contribution in [2.24, 2.45) is 0 Å². The molecule has 9 heteroatoms. The normalized spacial score (nSPS) is 11.2. The minimum Gasteiger partial charge on any atom is -0.340 e. The molecule has 106 valence electrons. The molecule has 1 aromatic carbocycles. The van der Waals surface area contributed by atoms with E-state index in [0.29, 0.717) is 5.39 Å². The lowest BCUT2D eigenvalue weighted by Gasteiger charge is -2.12. The van der Waals surface area contributed by atoms with Crippen LogP contribution in [0, 0.1) is 0 Å². The lowest BCUT2D eigenvalue weighted by Crippen LogP contribution is -2.37. The Morgan fingerprint density at radius 3 is 2.55 bits per heavy atom. The van der Waals surface area contributed by atoms with E-state index >= 15 is 0 Å². The van der Waals surface area contributed by atoms with Gasteiger partial charge in [0.25, 0.3) is 0 Å². The fourth-order valence-corrected chi connectivity index (χ4v) is 1.48. The first-order valence-electron chi connectivity index (χ1n) is 5.49. The highest BCUT2D eigenvalue weighted by atomic mass is 19.4. The van der Waals surface area contributed by atoms with Gasteiger partial charge >= 0.3 is 12.2 Å². The minimum atomic E-state index is -4.67. The molecule has 0 atom stereocenters. The number of halogens is 3. The molecule has 3 N–H and O–H groups in total. The molecular formula is C11H10F3N5O. The van der Waals surface area contributed by atoms with Crippen molar-refractivity contribution >= 4 is 22.8 Å². The number of rotatable bonds is 2. The van der Waals surface area contributed by atoms with Gasteiger partial charge in [0, 0.05) is 12.4 Å². The van der Waals surface area contributed by atoms with Gasteiger partial charge in [0.15, 0.2) is 5.82 Å². The number of hydrogen-bond donors (Lipinski definition) is 3. The molecule has 0 saturated carbocycles. The number of benzene rings is 1. The van der Waals surface area contributed by atoms with Gasteiger partial charge in [-0.3, -0.25) is 10.9 Å². The monoisotopic (exact) mass is 285 g/mol. The number of carbonyl (C=O) groups excluding carboxylic acids is 1. The number of para-hydroxylation sites is 1. The Morgan fingerprint density at radius 1 is 1.20 bits per heavy atom. The molecule has 20 heavy (non-hydrogen) atoms. The van der Waals surface area contributed by atoms with E-state index < -0.39 is 18.0 Å². The topological polar surface area (TPSA) is 78.9 Å². The van der Waals surface area contributed by atoms with E-state index in [2.05, 4.69) is 26.1 Å². The molecule has 0 bridgehead atoms. The summed E-state index contributed by atoms with van der Waals surface area (Å²) in [6.07, 6.45) is -4.67. The summed E-state index contributed by atoms with van der Waals surface area (Å²) in [4.78, 5) is 17.9. The third-order valence-electron chi connectivity index (χ3n) is 2.38. The van der Waals surface area contributed by atoms with Crippen LogP contribution in [0.5, 0.6) is 0 Å². The van der Waals surface area contributed by atoms with E-state index in [4.69, 9.17) is 0 Å². The summed E-state index contributed by atoms with van der Waals surface area (Å²) < 4.78 is 38.1. The highest BCUT2D eigenvalue weighted by Crippen LogP contribution is 2.29. The van der Waals surface area contributed by atoms with Crippen molar-refractivity contribution < 1.29 is 18.0 Å². The largest absolute Gasteiger partial charge is 0.451 e. The third-order valence-corrected chi connectivity index (χ3v) is 2.38. The zero-order valence-corrected chi connectivity index (χ0v) is 10.2. The molecule has 2 rings (SSSR count). The second-order valence-electron chi connectivity index (χ2n) is 3.74. The van der Waals surface area contributed by atoms with E-state index in [1.54, 1.807) is 18.2 Å². The van der Waals surface area contributed by atoms with Crippen LogP contribution >= 0.6 is 0 Å². The number of nitrogens with one attached hydrogen (secondary N) is 3. The third kappa shape index (κ3) is 2.87. The first-order chi connectivity index (χ1) is 9.41. The number of hydrogen-bond acceptors (Lipinski definition) is 4. The van der Waals surface area contributed by atoms with Crippen LogP contribution in [0.2, 0.25) is 0 Å². The van der Waals surface area contributed by atoms with Crippen LogP contribution in [0.4, 0.5) is 23.8 Å². The predicted molar refractivity (Wildman–Crippen MR) is 65.8 cm³/mol. The van der Waals surface area contributed by atoms with Gasteiger partial charge in [-0.25, -0.2) is 14.8 Å². The van der Waals surface area contributed by atoms with Crippen LogP contribution in [0.1, 0.15) is 5.82 Å². The number of alkyl halides is 3. The van der Waals surface area contributed by atoms with Crippen LogP contribution in [0.25, 0.3) is 10.9 Å². The maximum Gasteiger partial charge on any atom is 0.451 e. The first kappa shape index (κ1) is 13.8. The molecule has 0 saturated heterocycles. The van der Waals surface area contributed by atoms with Gasteiger partial charge in [0.2, 0.25) is 5.82 Å². The Balaban J connectivity index is 2.47. The smallest absolute Gasteiger partial charge is 0.340 e. The number of anilines is 1. The average Bonchev–Trinajstić information content (AvgIpc) is 2.43. The average molecular weight is 285 g/mol. The maximum atomic E-state index is 12.7. The number of aromatic nitrogens is 2. The zero-order chi connectivity index (χ0) is 14.8. The number of amides is 2. The Kier molecular flexibility index (Phi) is 3.59. The number of hydrazine groups is 1. The summed E-state index contributed by atoms with van der Waals surface area (Å²) in [5, 5.41) is 2.61. The second-order valence-corrected chi connectivity index (χ2v) is 3.74. The summed E-state index contributed by atoms with van der Waals surface area (Å²) >= 11 is 0. The van der Waals surface area contributed by atoms with Gasteiger partial charge in [-0.15, -0.1) is 0 Å². The van der Waals surface area contributed by atoms with Crippen molar-refractivity contribution in [3.05, 3.63) is 30.1 Å². The van der Waals surface area contributed by atoms with Crippen molar-refractivity contribution in [3.63, 3.8) is 0 Å². The molecule has 0 aliphatic rings. The van der Waals surface area contributed by atoms with E-state index in [1.165, 1.54) is 13.1 Å². The van der Waals surface area contributed by atoms with E-state index in [1.807, 2.05) is 0 Å². The number of carbonyl (C=O) groups is 1. The molecule has 0 aliphatic heterocycles. The molecular weight excluding hydrogens is 275 g/mol. The number of nitrogens with zero attached hydrogens (tertiary/aromatic N) is 2. The Hall–Kier alpha value is -2.58. The lowest BCUT2D eigenvalue weighted by molar-refractivity contribution is -0.144. The summed E-state index contributed by atoms with van der Waals surface area (Å²) in [5.74, 6) is -1.41. The van der Waals surface area contributed by atoms with Gasteiger partial charge < -0.3 is 5.32 Å². The van der Waals surface area contributed by atoms with Crippen LogP contribution in [0.3, 0.4) is 0 Å². The zero-order valence-electron chi connectivity index (χ0n) is 10.2. The number of fused-ring (bicyclic) bond motifs is 1. The SMILES string of the molecule is CNC(=O)NNc1nc(C(F)(F)F)nc2ccccc12. The molecule has 0 spiro atoms. The van der Waals surface area contributed by atoms with Crippen LogP contribution in [-0.2, 0) is 6.18 Å². The highest BCUT2D eigenvalue weighted by Gasteiger charge is 2.35. The Morgan fingerprint density at radius 2 is 1.90 bits per heavy atom. The van der Waals surface area contributed by atoms with Gasteiger partial charge in [0.05, 0.1) is 5.52 Å². The lowest BCUT2D eigenvalue weighted by atomic mass is 10.2. The van der Waals surface area contributed by atoms with Crippen molar-refractivity contribution in [1.29, 1.82) is 0 Å². The fourth-order valence-electron chi connectivity index (χ4n) is 1.48. The minimum absolute atomic E-state index is 0.121. The molecule has 0 radical (unpaired) electrons. The fraction of sp³-hybridized carbons (Fsp3) is 0.182. The predicted octanol–water partition coefficient (Wildman–Crippen LogP) is 1.90. The number of urea groups is 1. The first-order valence-corrected chi connectivity index (χ1v) is 5.49. The molecule has 1 heterocycles. The van der Waals surface area contributed by atoms with Crippen LogP contribution in [0.15, 0.2) is 24.3 Å². The summed E-state index contributed by atoms with van der Waals surface area (Å²) in [7, 11) is 1.37. The molecule has 1 aromatic heterocycles. The van der Waals surface area contributed by atoms with Crippen LogP contribution in [-0.4, -0.2) is 23.0 Å². The summed E-state index contributed by atoms with van der Waals surface area (Å²) in [5.41, 5.74) is 4.62.